The summed E-state index contributed by atoms with van der Waals surface area (Å²) in [6.45, 7) is 2.74. The normalized spacial score (nSPS) is 15.9. The molecule has 0 unspecified atom stereocenters. The molecule has 1 N–H and O–H groups in total. The van der Waals surface area contributed by atoms with Crippen LogP contribution >= 0.6 is 0 Å². The lowest BCUT2D eigenvalue weighted by atomic mass is 10.00. The van der Waals surface area contributed by atoms with Gasteiger partial charge in [0.1, 0.15) is 5.82 Å². The van der Waals surface area contributed by atoms with Gasteiger partial charge in [0.15, 0.2) is 0 Å². The zero-order valence-electron chi connectivity index (χ0n) is 11.8. The number of nitrogens with zero attached hydrogens (tertiary/aromatic N) is 1. The summed E-state index contributed by atoms with van der Waals surface area (Å²) < 4.78 is 18.1. The highest BCUT2D eigenvalue weighted by Crippen LogP contribution is 2.15. The predicted molar refractivity (Wildman–Crippen MR) is 74.8 cm³/mol. The lowest BCUT2D eigenvalue weighted by Gasteiger charge is -2.27. The van der Waals surface area contributed by atoms with Crippen LogP contribution in [0, 0.1) is 11.7 Å². The summed E-state index contributed by atoms with van der Waals surface area (Å²) in [5.41, 5.74) is 0.888. The first kappa shape index (κ1) is 14.8. The molecule has 1 heterocycles. The van der Waals surface area contributed by atoms with Gasteiger partial charge in [0, 0.05) is 33.4 Å². The van der Waals surface area contributed by atoms with Crippen LogP contribution in [-0.4, -0.2) is 37.7 Å². The number of urea groups is 1. The molecule has 0 radical (unpaired) electrons. The molecule has 5 heteroatoms. The van der Waals surface area contributed by atoms with Crippen LogP contribution in [0.1, 0.15) is 18.4 Å². The second-order valence-electron chi connectivity index (χ2n) is 5.22. The van der Waals surface area contributed by atoms with Gasteiger partial charge in [-0.25, -0.2) is 9.18 Å². The van der Waals surface area contributed by atoms with Crippen molar-refractivity contribution in [3.05, 3.63) is 35.6 Å². The molecular weight excluding hydrogens is 259 g/mol. The maximum atomic E-state index is 12.8. The number of nitrogens with one attached hydrogen (secondary N) is 1. The van der Waals surface area contributed by atoms with Crippen molar-refractivity contribution in [2.24, 2.45) is 5.92 Å². The Morgan fingerprint density at radius 3 is 2.65 bits per heavy atom. The van der Waals surface area contributed by atoms with E-state index in [4.69, 9.17) is 4.74 Å². The molecule has 20 heavy (non-hydrogen) atoms. The Balaban J connectivity index is 1.74. The Hall–Kier alpha value is -1.62. The molecule has 1 aromatic carbocycles. The molecule has 0 saturated carbocycles. The second kappa shape index (κ2) is 7.24. The fraction of sp³-hybridized carbons (Fsp3) is 0.533. The summed E-state index contributed by atoms with van der Waals surface area (Å²) in [5, 5.41) is 2.84. The lowest BCUT2D eigenvalue weighted by molar-refractivity contribution is 0.0586. The molecule has 0 bridgehead atoms. The Kier molecular flexibility index (Phi) is 5.35. The molecule has 0 aliphatic carbocycles. The fourth-order valence-electron chi connectivity index (χ4n) is 2.31. The van der Waals surface area contributed by atoms with E-state index in [2.05, 4.69) is 5.32 Å². The molecular formula is C15H21FN2O2. The SMILES string of the molecule is CN(CC1CCOCC1)C(=O)NCc1ccc(F)cc1. The summed E-state index contributed by atoms with van der Waals surface area (Å²) in [7, 11) is 1.80. The Morgan fingerprint density at radius 1 is 1.35 bits per heavy atom. The molecule has 1 aliphatic rings. The highest BCUT2D eigenvalue weighted by molar-refractivity contribution is 5.73. The van der Waals surface area contributed by atoms with Gasteiger partial charge in [-0.3, -0.25) is 0 Å². The van der Waals surface area contributed by atoms with E-state index in [1.807, 2.05) is 0 Å². The lowest BCUT2D eigenvalue weighted by Crippen LogP contribution is -2.40. The van der Waals surface area contributed by atoms with Crippen LogP contribution < -0.4 is 5.32 Å². The van der Waals surface area contributed by atoms with E-state index in [0.29, 0.717) is 12.5 Å². The van der Waals surface area contributed by atoms with Gasteiger partial charge in [-0.05, 0) is 36.5 Å². The Bertz CT molecular complexity index is 430. The van der Waals surface area contributed by atoms with Gasteiger partial charge in [-0.15, -0.1) is 0 Å². The van der Waals surface area contributed by atoms with Crippen LogP contribution in [0.15, 0.2) is 24.3 Å². The largest absolute Gasteiger partial charge is 0.381 e. The minimum absolute atomic E-state index is 0.0965. The molecule has 0 atom stereocenters. The monoisotopic (exact) mass is 280 g/mol. The van der Waals surface area contributed by atoms with Crippen LogP contribution in [0.3, 0.4) is 0 Å². The van der Waals surface area contributed by atoms with Gasteiger partial charge in [0.25, 0.3) is 0 Å². The van der Waals surface area contributed by atoms with Crippen molar-refractivity contribution >= 4 is 6.03 Å². The van der Waals surface area contributed by atoms with E-state index in [1.165, 1.54) is 12.1 Å². The van der Waals surface area contributed by atoms with E-state index in [1.54, 1.807) is 24.1 Å². The first-order valence-corrected chi connectivity index (χ1v) is 6.96. The van der Waals surface area contributed by atoms with Crippen LogP contribution in [0.5, 0.6) is 0 Å². The van der Waals surface area contributed by atoms with Gasteiger partial charge < -0.3 is 15.0 Å². The Morgan fingerprint density at radius 2 is 2.00 bits per heavy atom. The van der Waals surface area contributed by atoms with Crippen molar-refractivity contribution in [2.75, 3.05) is 26.8 Å². The van der Waals surface area contributed by atoms with Crippen LogP contribution in [-0.2, 0) is 11.3 Å². The van der Waals surface area contributed by atoms with Crippen LogP contribution in [0.2, 0.25) is 0 Å². The average Bonchev–Trinajstić information content (AvgIpc) is 2.47. The van der Waals surface area contributed by atoms with Crippen molar-refractivity contribution < 1.29 is 13.9 Å². The zero-order valence-corrected chi connectivity index (χ0v) is 11.8. The maximum Gasteiger partial charge on any atom is 0.317 e. The molecule has 0 aromatic heterocycles. The number of amides is 2. The standard InChI is InChI=1S/C15H21FN2O2/c1-18(11-13-6-8-20-9-7-13)15(19)17-10-12-2-4-14(16)5-3-12/h2-5,13H,6-11H2,1H3,(H,17,19). The molecule has 1 saturated heterocycles. The van der Waals surface area contributed by atoms with Crippen molar-refractivity contribution in [3.63, 3.8) is 0 Å². The molecule has 2 amide bonds. The number of carbonyl (C=O) groups is 1. The molecule has 1 aliphatic heterocycles. The number of carbonyl (C=O) groups excluding carboxylic acids is 1. The van der Waals surface area contributed by atoms with Crippen LogP contribution in [0.4, 0.5) is 9.18 Å². The number of rotatable bonds is 4. The summed E-state index contributed by atoms with van der Waals surface area (Å²) in [6.07, 6.45) is 2.02. The van der Waals surface area contributed by atoms with Crippen molar-refractivity contribution in [1.29, 1.82) is 0 Å². The quantitative estimate of drug-likeness (QED) is 0.920. The maximum absolute atomic E-state index is 12.8. The molecule has 1 fully saturated rings. The van der Waals surface area contributed by atoms with Gasteiger partial charge in [-0.1, -0.05) is 12.1 Å². The molecule has 0 spiro atoms. The van der Waals surface area contributed by atoms with Crippen LogP contribution in [0.25, 0.3) is 0 Å². The number of benzene rings is 1. The molecule has 110 valence electrons. The smallest absolute Gasteiger partial charge is 0.317 e. The first-order valence-electron chi connectivity index (χ1n) is 6.96. The van der Waals surface area contributed by atoms with E-state index in [9.17, 15) is 9.18 Å². The number of ether oxygens (including phenoxy) is 1. The number of hydrogen-bond donors (Lipinski definition) is 1. The van der Waals surface area contributed by atoms with Crippen molar-refractivity contribution in [3.8, 4) is 0 Å². The summed E-state index contributed by atoms with van der Waals surface area (Å²) in [6, 6.07) is 6.05. The third-order valence-electron chi connectivity index (χ3n) is 3.58. The summed E-state index contributed by atoms with van der Waals surface area (Å²) in [4.78, 5) is 13.7. The van der Waals surface area contributed by atoms with Crippen molar-refractivity contribution in [1.82, 2.24) is 10.2 Å². The third kappa shape index (κ3) is 4.49. The first-order chi connectivity index (χ1) is 9.65. The fourth-order valence-corrected chi connectivity index (χ4v) is 2.31. The van der Waals surface area contributed by atoms with E-state index in [-0.39, 0.29) is 11.8 Å². The topological polar surface area (TPSA) is 41.6 Å². The molecule has 4 nitrogen and oxygen atoms in total. The van der Waals surface area contributed by atoms with E-state index in [0.717, 1.165) is 38.2 Å². The van der Waals surface area contributed by atoms with Gasteiger partial charge in [-0.2, -0.15) is 0 Å². The number of halogens is 1. The van der Waals surface area contributed by atoms with E-state index >= 15 is 0 Å². The highest BCUT2D eigenvalue weighted by Gasteiger charge is 2.18. The third-order valence-corrected chi connectivity index (χ3v) is 3.58. The van der Waals surface area contributed by atoms with Crippen molar-refractivity contribution in [2.45, 2.75) is 19.4 Å². The summed E-state index contributed by atoms with van der Waals surface area (Å²) >= 11 is 0. The predicted octanol–water partition coefficient (Wildman–Crippen LogP) is 2.39. The zero-order chi connectivity index (χ0) is 14.4. The summed E-state index contributed by atoms with van der Waals surface area (Å²) in [5.74, 6) is 0.252. The highest BCUT2D eigenvalue weighted by atomic mass is 19.1. The minimum atomic E-state index is -0.267. The van der Waals surface area contributed by atoms with E-state index < -0.39 is 0 Å². The minimum Gasteiger partial charge on any atom is -0.381 e. The number of hydrogen-bond acceptors (Lipinski definition) is 2. The average molecular weight is 280 g/mol. The molecule has 2 rings (SSSR count). The van der Waals surface area contributed by atoms with Gasteiger partial charge in [0.2, 0.25) is 0 Å². The van der Waals surface area contributed by atoms with Gasteiger partial charge in [0.05, 0.1) is 0 Å². The molecule has 1 aromatic rings. The second-order valence-corrected chi connectivity index (χ2v) is 5.22. The Labute approximate surface area is 118 Å². The van der Waals surface area contributed by atoms with Gasteiger partial charge >= 0.3 is 6.03 Å².